The second-order valence-electron chi connectivity index (χ2n) is 32.3. The van der Waals surface area contributed by atoms with Crippen LogP contribution in [0.5, 0.6) is 11.5 Å². The Kier molecular flexibility index (Phi) is 23.8. The minimum Gasteiger partial charge on any atom is -0.497 e. The van der Waals surface area contributed by atoms with E-state index < -0.39 is 0 Å². The third-order valence-corrected chi connectivity index (χ3v) is 24.4. The first kappa shape index (κ1) is 82.6. The minimum absolute atomic E-state index is 0.0840. The number of benzene rings is 21. The van der Waals surface area contributed by atoms with Crippen LogP contribution in [0.3, 0.4) is 0 Å². The van der Waals surface area contributed by atoms with Gasteiger partial charge in [-0.2, -0.15) is 0 Å². The Balaban J connectivity index is 0.000000126. The molecule has 0 aromatic heterocycles. The van der Waals surface area contributed by atoms with Crippen LogP contribution in [0.2, 0.25) is 0 Å². The standard InChI is InChI=1S/2C40H32N2O.C39H29N3O2/c1-41(37-12-7-13-40(28-37)43-2)35-20-14-31(15-21-35)32-16-22-36(23-17-32)42(38-24-18-29-8-3-5-10-33(29)26-38)39-25-19-30-9-4-6-11-34(30)27-39;1-41(36-23-25-40(43-2)26-24-36)35-17-11-31(12-18-35)32-13-19-37(20-14-32)42(38-21-15-29-7-3-5-9-33(29)27-38)39-22-16-30-8-4-6-10-34(30)28-39;1-40(35-22-24-37(25-23-35)42(43)44)34-16-10-30(11-17-34)31-12-18-36(19-13-31)41(38-20-14-28-6-2-4-8-32(28)26-38)39-21-15-29-7-3-5-9-33(29)27-39/h2*3-28H,1-2H3;2-27H,1H3. The molecule has 0 saturated carbocycles. The Morgan fingerprint density at radius 1 is 0.185 bits per heavy atom. The molecule has 0 aliphatic rings. The molecule has 0 amide bonds. The highest BCUT2D eigenvalue weighted by Crippen LogP contribution is 2.44. The molecule has 0 radical (unpaired) electrons. The van der Waals surface area contributed by atoms with Crippen LogP contribution >= 0.6 is 0 Å². The van der Waals surface area contributed by atoms with Crippen molar-refractivity contribution in [2.45, 2.75) is 0 Å². The first-order valence-electron chi connectivity index (χ1n) is 43.5. The first-order valence-corrected chi connectivity index (χ1v) is 43.5. The van der Waals surface area contributed by atoms with Crippen LogP contribution < -0.4 is 38.9 Å². The van der Waals surface area contributed by atoms with Gasteiger partial charge < -0.3 is 38.9 Å². The number of hydrogen-bond acceptors (Lipinski definition) is 10. The molecule has 21 aromatic carbocycles. The number of nitro groups is 1. The molecule has 0 aliphatic heterocycles. The molecule has 0 N–H and O–H groups in total. The largest absolute Gasteiger partial charge is 0.497 e. The van der Waals surface area contributed by atoms with Gasteiger partial charge in [0.25, 0.3) is 5.69 Å². The molecule has 21 rings (SSSR count). The number of nitro benzene ring substituents is 1. The topological polar surface area (TPSA) is 81.0 Å². The lowest BCUT2D eigenvalue weighted by Crippen LogP contribution is -2.10. The number of ether oxygens (including phenoxy) is 2. The van der Waals surface area contributed by atoms with Gasteiger partial charge in [0, 0.05) is 125 Å². The van der Waals surface area contributed by atoms with Crippen LogP contribution in [-0.2, 0) is 0 Å². The van der Waals surface area contributed by atoms with Gasteiger partial charge in [0.15, 0.2) is 0 Å². The molecule has 11 heteroatoms. The van der Waals surface area contributed by atoms with Crippen molar-refractivity contribution in [3.05, 3.63) is 483 Å². The summed E-state index contributed by atoms with van der Waals surface area (Å²) in [6.07, 6.45) is 0. The molecule has 0 aliphatic carbocycles. The van der Waals surface area contributed by atoms with Crippen molar-refractivity contribution in [3.8, 4) is 44.9 Å². The van der Waals surface area contributed by atoms with E-state index in [2.05, 4.69) is 457 Å². The van der Waals surface area contributed by atoms with Gasteiger partial charge in [-0.05, 0) is 292 Å². The SMILES string of the molecule is CN(c1ccc(-c2ccc(N(c3ccc4ccccc4c3)c3ccc4ccccc4c3)cc2)cc1)c1ccc([N+](=O)[O-])cc1.COc1ccc(N(C)c2ccc(-c3ccc(N(c4ccc5ccccc5c4)c4ccc5ccccc5c4)cc3)cc2)cc1.COc1cccc(N(C)c2ccc(-c3ccc(N(c4ccc5ccccc5c4)c4ccc5ccccc5c4)cc3)cc2)c1. The van der Waals surface area contributed by atoms with Crippen molar-refractivity contribution in [1.29, 1.82) is 0 Å². The lowest BCUT2D eigenvalue weighted by atomic mass is 10.0. The zero-order chi connectivity index (χ0) is 88.4. The van der Waals surface area contributed by atoms with E-state index in [0.29, 0.717) is 0 Å². The Hall–Kier alpha value is -17.0. The number of fused-ring (bicyclic) bond motifs is 6. The molecule has 0 unspecified atom stereocenters. The maximum atomic E-state index is 11.0. The average molecular weight is 1690 g/mol. The predicted molar refractivity (Wildman–Crippen MR) is 548 cm³/mol. The second kappa shape index (κ2) is 37.4. The van der Waals surface area contributed by atoms with Gasteiger partial charge in [-0.3, -0.25) is 10.1 Å². The number of hydrogen-bond donors (Lipinski definition) is 0. The summed E-state index contributed by atoms with van der Waals surface area (Å²) in [6, 6.07) is 166. The molecule has 0 saturated heterocycles. The van der Waals surface area contributed by atoms with Gasteiger partial charge in [-0.15, -0.1) is 0 Å². The lowest BCUT2D eigenvalue weighted by Gasteiger charge is -2.26. The molecule has 21 aromatic rings. The minimum atomic E-state index is -0.382. The predicted octanol–water partition coefficient (Wildman–Crippen LogP) is 32.6. The summed E-state index contributed by atoms with van der Waals surface area (Å²) in [4.78, 5) is 24.0. The maximum Gasteiger partial charge on any atom is 0.269 e. The molecular formula is C119H93N7O4. The summed E-state index contributed by atoms with van der Waals surface area (Å²) in [6.45, 7) is 0. The van der Waals surface area contributed by atoms with E-state index >= 15 is 0 Å². The van der Waals surface area contributed by atoms with Gasteiger partial charge in [-0.1, -0.05) is 261 Å². The summed E-state index contributed by atoms with van der Waals surface area (Å²) >= 11 is 0. The van der Waals surface area contributed by atoms with Crippen LogP contribution in [0.15, 0.2) is 473 Å². The molecule has 628 valence electrons. The fraction of sp³-hybridized carbons (Fsp3) is 0.0420. The highest BCUT2D eigenvalue weighted by atomic mass is 16.6. The fourth-order valence-corrected chi connectivity index (χ4v) is 17.1. The maximum absolute atomic E-state index is 11.0. The molecule has 130 heavy (non-hydrogen) atoms. The molecular weight excluding hydrogens is 1590 g/mol. The third-order valence-electron chi connectivity index (χ3n) is 24.4. The van der Waals surface area contributed by atoms with Crippen molar-refractivity contribution >= 4 is 156 Å². The smallest absolute Gasteiger partial charge is 0.269 e. The molecule has 0 spiro atoms. The molecule has 11 nitrogen and oxygen atoms in total. The molecule has 0 fully saturated rings. The van der Waals surface area contributed by atoms with E-state index in [0.717, 1.165) is 108 Å². The van der Waals surface area contributed by atoms with Crippen LogP contribution in [0.25, 0.3) is 98.0 Å². The first-order chi connectivity index (χ1) is 63.8. The van der Waals surface area contributed by atoms with Gasteiger partial charge in [0.05, 0.1) is 19.1 Å². The number of non-ortho nitro benzene ring substituents is 1. The van der Waals surface area contributed by atoms with E-state index in [1.54, 1.807) is 26.4 Å². The summed E-state index contributed by atoms with van der Waals surface area (Å²) < 4.78 is 10.7. The van der Waals surface area contributed by atoms with E-state index in [4.69, 9.17) is 9.47 Å². The Morgan fingerprint density at radius 2 is 0.385 bits per heavy atom. The second-order valence-corrected chi connectivity index (χ2v) is 32.3. The van der Waals surface area contributed by atoms with Gasteiger partial charge in [0.2, 0.25) is 0 Å². The lowest BCUT2D eigenvalue weighted by molar-refractivity contribution is -0.384. The van der Waals surface area contributed by atoms with E-state index in [-0.39, 0.29) is 10.6 Å². The van der Waals surface area contributed by atoms with Crippen LogP contribution in [0.1, 0.15) is 0 Å². The highest BCUT2D eigenvalue weighted by molar-refractivity contribution is 5.97. The zero-order valence-electron chi connectivity index (χ0n) is 72.8. The number of methoxy groups -OCH3 is 2. The molecule has 0 heterocycles. The van der Waals surface area contributed by atoms with Gasteiger partial charge in [-0.25, -0.2) is 0 Å². The zero-order valence-corrected chi connectivity index (χ0v) is 72.8. The normalized spacial score (nSPS) is 11.0. The van der Waals surface area contributed by atoms with Crippen LogP contribution in [0.4, 0.5) is 91.0 Å². The van der Waals surface area contributed by atoms with Crippen molar-refractivity contribution in [3.63, 3.8) is 0 Å². The van der Waals surface area contributed by atoms with Crippen LogP contribution in [0, 0.1) is 10.1 Å². The fourth-order valence-electron chi connectivity index (χ4n) is 17.1. The van der Waals surface area contributed by atoms with Crippen molar-refractivity contribution < 1.29 is 14.4 Å². The summed E-state index contributed by atoms with van der Waals surface area (Å²) in [7, 11) is 9.50. The third kappa shape index (κ3) is 18.0. The monoisotopic (exact) mass is 1680 g/mol. The van der Waals surface area contributed by atoms with Crippen LogP contribution in [-0.4, -0.2) is 40.3 Å². The number of nitrogens with zero attached hydrogens (tertiary/aromatic N) is 7. The molecule has 0 atom stereocenters. The van der Waals surface area contributed by atoms with E-state index in [1.165, 1.54) is 99.0 Å². The van der Waals surface area contributed by atoms with Crippen molar-refractivity contribution in [1.82, 2.24) is 0 Å². The Bertz CT molecular complexity index is 7350. The molecule has 0 bridgehead atoms. The van der Waals surface area contributed by atoms with E-state index in [1.807, 2.05) is 42.3 Å². The summed E-state index contributed by atoms with van der Waals surface area (Å²) in [5, 5.41) is 25.7. The average Bonchev–Trinajstić information content (AvgIpc) is 0.785. The number of rotatable bonds is 21. The Labute approximate surface area is 758 Å². The highest BCUT2D eigenvalue weighted by Gasteiger charge is 2.21. The number of anilines is 15. The quantitative estimate of drug-likeness (QED) is 0.0513. The van der Waals surface area contributed by atoms with Gasteiger partial charge in [0.1, 0.15) is 11.5 Å². The van der Waals surface area contributed by atoms with E-state index in [9.17, 15) is 10.1 Å². The summed E-state index contributed by atoms with van der Waals surface area (Å²) in [5.74, 6) is 1.71. The van der Waals surface area contributed by atoms with Crippen molar-refractivity contribution in [2.24, 2.45) is 0 Å². The summed E-state index contributed by atoms with van der Waals surface area (Å²) in [5.41, 5.74) is 23.4. The van der Waals surface area contributed by atoms with Gasteiger partial charge >= 0.3 is 0 Å². The Morgan fingerprint density at radius 3 is 0.615 bits per heavy atom. The van der Waals surface area contributed by atoms with Crippen molar-refractivity contribution in [2.75, 3.05) is 64.8 Å².